The molecule has 2 nitrogen and oxygen atoms in total. The number of benzene rings is 1. The van der Waals surface area contributed by atoms with Gasteiger partial charge in [0.15, 0.2) is 11.6 Å². The van der Waals surface area contributed by atoms with Gasteiger partial charge in [-0.1, -0.05) is 6.42 Å². The van der Waals surface area contributed by atoms with E-state index in [0.29, 0.717) is 24.9 Å². The van der Waals surface area contributed by atoms with Gasteiger partial charge in [0.1, 0.15) is 11.6 Å². The van der Waals surface area contributed by atoms with Crippen molar-refractivity contribution in [2.75, 3.05) is 0 Å². The van der Waals surface area contributed by atoms with Crippen LogP contribution in [0.5, 0.6) is 0 Å². The number of nitrogens with one attached hydrogen (secondary N) is 1. The van der Waals surface area contributed by atoms with Crippen LogP contribution in [0.15, 0.2) is 12.1 Å². The highest BCUT2D eigenvalue weighted by molar-refractivity contribution is 5.83. The predicted octanol–water partition coefficient (Wildman–Crippen LogP) is 3.14. The summed E-state index contributed by atoms with van der Waals surface area (Å²) in [5, 5.41) is 3.47. The maximum absolute atomic E-state index is 13.6. The van der Waals surface area contributed by atoms with E-state index in [9.17, 15) is 18.0 Å². The summed E-state index contributed by atoms with van der Waals surface area (Å²) in [5.41, 5.74) is -0.441. The number of carbonyl (C=O) groups is 1. The molecule has 1 N–H and O–H groups in total. The second kappa shape index (κ2) is 5.79. The molecule has 0 spiro atoms. The van der Waals surface area contributed by atoms with Gasteiger partial charge in [0.2, 0.25) is 0 Å². The Hall–Kier alpha value is -1.36. The van der Waals surface area contributed by atoms with Crippen LogP contribution < -0.4 is 5.32 Å². The lowest BCUT2D eigenvalue weighted by Crippen LogP contribution is -2.50. The molecular weight excluding hydrogens is 279 g/mol. The first-order valence-corrected chi connectivity index (χ1v) is 7.45. The fourth-order valence-corrected chi connectivity index (χ4v) is 3.58. The molecule has 114 valence electrons. The minimum absolute atomic E-state index is 0.177. The molecule has 0 aromatic heterocycles. The molecule has 2 aliphatic rings. The van der Waals surface area contributed by atoms with Crippen LogP contribution in [-0.4, -0.2) is 17.9 Å². The van der Waals surface area contributed by atoms with Crippen molar-refractivity contribution < 1.29 is 18.0 Å². The van der Waals surface area contributed by atoms with Crippen LogP contribution in [-0.2, 0) is 11.2 Å². The Labute approximate surface area is 121 Å². The molecule has 2 unspecified atom stereocenters. The van der Waals surface area contributed by atoms with Gasteiger partial charge in [-0.2, -0.15) is 0 Å². The second-order valence-corrected chi connectivity index (χ2v) is 6.12. The molecule has 2 saturated heterocycles. The molecular formula is C16H18F3NO. The number of halogens is 3. The lowest BCUT2D eigenvalue weighted by molar-refractivity contribution is -0.124. The predicted molar refractivity (Wildman–Crippen MR) is 72.3 cm³/mol. The van der Waals surface area contributed by atoms with Crippen LogP contribution in [0.1, 0.15) is 37.7 Å². The van der Waals surface area contributed by atoms with Crippen molar-refractivity contribution in [3.63, 3.8) is 0 Å². The molecule has 1 aromatic rings. The molecule has 0 aliphatic carbocycles. The van der Waals surface area contributed by atoms with Gasteiger partial charge in [-0.3, -0.25) is 4.79 Å². The van der Waals surface area contributed by atoms with Gasteiger partial charge in [-0.25, -0.2) is 13.2 Å². The molecule has 2 atom stereocenters. The summed E-state index contributed by atoms with van der Waals surface area (Å²) in [6.45, 7) is 0. The summed E-state index contributed by atoms with van der Waals surface area (Å²) in [4.78, 5) is 12.3. The summed E-state index contributed by atoms with van der Waals surface area (Å²) in [6, 6.07) is 2.27. The van der Waals surface area contributed by atoms with Gasteiger partial charge in [-0.05, 0) is 37.8 Å². The largest absolute Gasteiger partial charge is 0.311 e. The molecule has 3 rings (SSSR count). The van der Waals surface area contributed by atoms with Crippen molar-refractivity contribution in [1.82, 2.24) is 5.32 Å². The standard InChI is InChI=1S/C16H18F3NO/c17-13-4-5-14(18)16(19)12(13)8-15(21)9-6-10-2-1-3-11(7-9)20-10/h4-5,9-11,20H,1-3,6-8H2. The molecule has 21 heavy (non-hydrogen) atoms. The van der Waals surface area contributed by atoms with Crippen molar-refractivity contribution in [1.29, 1.82) is 0 Å². The maximum atomic E-state index is 13.6. The van der Waals surface area contributed by atoms with Crippen molar-refractivity contribution in [2.45, 2.75) is 50.6 Å². The van der Waals surface area contributed by atoms with E-state index in [0.717, 1.165) is 31.4 Å². The van der Waals surface area contributed by atoms with Gasteiger partial charge in [0, 0.05) is 30.0 Å². The van der Waals surface area contributed by atoms with E-state index < -0.39 is 23.0 Å². The number of fused-ring (bicyclic) bond motifs is 2. The lowest BCUT2D eigenvalue weighted by Gasteiger charge is -2.39. The number of hydrogen-bond donors (Lipinski definition) is 1. The first kappa shape index (κ1) is 14.6. The SMILES string of the molecule is O=C(Cc1c(F)ccc(F)c1F)C1CC2CCCC(C1)N2. The van der Waals surface area contributed by atoms with Crippen LogP contribution >= 0.6 is 0 Å². The lowest BCUT2D eigenvalue weighted by atomic mass is 9.77. The van der Waals surface area contributed by atoms with Gasteiger partial charge < -0.3 is 5.32 Å². The first-order chi connectivity index (χ1) is 10.0. The van der Waals surface area contributed by atoms with Crippen LogP contribution in [0.4, 0.5) is 13.2 Å². The van der Waals surface area contributed by atoms with Crippen LogP contribution in [0.25, 0.3) is 0 Å². The molecule has 2 bridgehead atoms. The number of carbonyl (C=O) groups excluding carboxylic acids is 1. The number of hydrogen-bond acceptors (Lipinski definition) is 2. The van der Waals surface area contributed by atoms with E-state index in [-0.39, 0.29) is 18.1 Å². The number of ketones is 1. The average Bonchev–Trinajstić information content (AvgIpc) is 2.47. The quantitative estimate of drug-likeness (QED) is 0.869. The molecule has 0 saturated carbocycles. The molecule has 0 radical (unpaired) electrons. The fraction of sp³-hybridized carbons (Fsp3) is 0.562. The summed E-state index contributed by atoms with van der Waals surface area (Å²) in [7, 11) is 0. The Morgan fingerprint density at radius 3 is 2.38 bits per heavy atom. The van der Waals surface area contributed by atoms with Crippen LogP contribution in [0.3, 0.4) is 0 Å². The summed E-state index contributed by atoms with van der Waals surface area (Å²) < 4.78 is 40.4. The number of rotatable bonds is 3. The second-order valence-electron chi connectivity index (χ2n) is 6.12. The van der Waals surface area contributed by atoms with E-state index in [2.05, 4.69) is 5.32 Å². The van der Waals surface area contributed by atoms with Crippen molar-refractivity contribution in [3.05, 3.63) is 35.1 Å². The van der Waals surface area contributed by atoms with Crippen molar-refractivity contribution in [2.24, 2.45) is 5.92 Å². The van der Waals surface area contributed by atoms with Gasteiger partial charge in [-0.15, -0.1) is 0 Å². The van der Waals surface area contributed by atoms with Crippen LogP contribution in [0.2, 0.25) is 0 Å². The number of Topliss-reactive ketones (excluding diaryl/α,β-unsaturated/α-hetero) is 1. The minimum atomic E-state index is -1.24. The molecule has 1 aromatic carbocycles. The monoisotopic (exact) mass is 297 g/mol. The molecule has 2 fully saturated rings. The van der Waals surface area contributed by atoms with Gasteiger partial charge in [0.05, 0.1) is 0 Å². The first-order valence-electron chi connectivity index (χ1n) is 7.45. The zero-order chi connectivity index (χ0) is 15.0. The van der Waals surface area contributed by atoms with Crippen LogP contribution in [0, 0.1) is 23.4 Å². The zero-order valence-corrected chi connectivity index (χ0v) is 11.7. The minimum Gasteiger partial charge on any atom is -0.311 e. The molecule has 0 amide bonds. The van der Waals surface area contributed by atoms with E-state index in [4.69, 9.17) is 0 Å². The zero-order valence-electron chi connectivity index (χ0n) is 11.7. The van der Waals surface area contributed by atoms with E-state index in [1.54, 1.807) is 0 Å². The highest BCUT2D eigenvalue weighted by Crippen LogP contribution is 2.31. The highest BCUT2D eigenvalue weighted by Gasteiger charge is 2.35. The Morgan fingerprint density at radius 2 is 1.71 bits per heavy atom. The third-order valence-corrected chi connectivity index (χ3v) is 4.66. The summed E-state index contributed by atoms with van der Waals surface area (Å²) in [6.07, 6.45) is 4.32. The molecule has 2 heterocycles. The Bertz CT molecular complexity index is 549. The molecule has 5 heteroatoms. The maximum Gasteiger partial charge on any atom is 0.165 e. The van der Waals surface area contributed by atoms with Gasteiger partial charge >= 0.3 is 0 Å². The van der Waals surface area contributed by atoms with E-state index >= 15 is 0 Å². The van der Waals surface area contributed by atoms with E-state index in [1.807, 2.05) is 0 Å². The van der Waals surface area contributed by atoms with E-state index in [1.165, 1.54) is 0 Å². The highest BCUT2D eigenvalue weighted by atomic mass is 19.2. The van der Waals surface area contributed by atoms with Crippen molar-refractivity contribution >= 4 is 5.78 Å². The summed E-state index contributed by atoms with van der Waals surface area (Å²) >= 11 is 0. The number of piperidine rings is 2. The third-order valence-electron chi connectivity index (χ3n) is 4.66. The fourth-order valence-electron chi connectivity index (χ4n) is 3.58. The smallest absolute Gasteiger partial charge is 0.165 e. The Kier molecular flexibility index (Phi) is 4.02. The Balaban J connectivity index is 1.73. The topological polar surface area (TPSA) is 29.1 Å². The van der Waals surface area contributed by atoms with Crippen molar-refractivity contribution in [3.8, 4) is 0 Å². The normalized spacial score (nSPS) is 28.4. The average molecular weight is 297 g/mol. The Morgan fingerprint density at radius 1 is 1.10 bits per heavy atom. The van der Waals surface area contributed by atoms with Gasteiger partial charge in [0.25, 0.3) is 0 Å². The molecule has 2 aliphatic heterocycles. The summed E-state index contributed by atoms with van der Waals surface area (Å²) in [5.74, 6) is -3.56. The third kappa shape index (κ3) is 2.98.